The number of nitrogen functional groups attached to an aromatic ring is 1. The molecule has 1 atom stereocenters. The largest absolute Gasteiger partial charge is 0.384 e. The summed E-state index contributed by atoms with van der Waals surface area (Å²) in [5, 5.41) is 10.3. The maximum absolute atomic E-state index is 13.5. The molecule has 0 saturated heterocycles. The molecule has 0 radical (unpaired) electrons. The van der Waals surface area contributed by atoms with Gasteiger partial charge in [-0.1, -0.05) is 66.7 Å². The highest BCUT2D eigenvalue weighted by Gasteiger charge is 2.33. The second kappa shape index (κ2) is 12.2. The number of rotatable bonds is 10. The summed E-state index contributed by atoms with van der Waals surface area (Å²) >= 11 is 1.40. The van der Waals surface area contributed by atoms with E-state index >= 15 is 0 Å². The van der Waals surface area contributed by atoms with Gasteiger partial charge in [-0.2, -0.15) is 0 Å². The van der Waals surface area contributed by atoms with Crippen molar-refractivity contribution in [3.05, 3.63) is 95.6 Å². The van der Waals surface area contributed by atoms with E-state index in [1.165, 1.54) is 16.7 Å². The van der Waals surface area contributed by atoms with Crippen molar-refractivity contribution < 1.29 is 18.0 Å². The molecule has 0 bridgehead atoms. The fourth-order valence-corrected chi connectivity index (χ4v) is 6.54. The number of amides is 2. The van der Waals surface area contributed by atoms with Crippen molar-refractivity contribution in [2.45, 2.75) is 29.7 Å². The van der Waals surface area contributed by atoms with Crippen LogP contribution < -0.4 is 20.7 Å². The van der Waals surface area contributed by atoms with Gasteiger partial charge < -0.3 is 16.0 Å². The van der Waals surface area contributed by atoms with Gasteiger partial charge in [0.25, 0.3) is 0 Å². The number of thioether (sulfide) groups is 1. The fraction of sp³-hybridized carbons (Fsp3) is 0.222. The van der Waals surface area contributed by atoms with E-state index in [0.717, 1.165) is 10.5 Å². The Morgan fingerprint density at radius 1 is 1.00 bits per heavy atom. The molecule has 1 aliphatic rings. The van der Waals surface area contributed by atoms with Crippen molar-refractivity contribution in [3.63, 3.8) is 0 Å². The summed E-state index contributed by atoms with van der Waals surface area (Å²) in [6, 6.07) is 22.2. The first-order valence-electron chi connectivity index (χ1n) is 12.0. The number of para-hydroxylation sites is 1. The average Bonchev–Trinajstić information content (AvgIpc) is 3.03. The Hall–Kier alpha value is -3.67. The summed E-state index contributed by atoms with van der Waals surface area (Å²) in [4.78, 5) is 28.5. The van der Waals surface area contributed by atoms with Crippen molar-refractivity contribution in [1.82, 2.24) is 10.0 Å². The van der Waals surface area contributed by atoms with Crippen LogP contribution in [0.5, 0.6) is 0 Å². The molecule has 0 spiro atoms. The van der Waals surface area contributed by atoms with Crippen molar-refractivity contribution >= 4 is 45.1 Å². The Balaban J connectivity index is 1.42. The smallest absolute Gasteiger partial charge is 0.246 e. The predicted molar refractivity (Wildman–Crippen MR) is 149 cm³/mol. The van der Waals surface area contributed by atoms with Crippen LogP contribution in [0.2, 0.25) is 0 Å². The minimum atomic E-state index is -3.78. The summed E-state index contributed by atoms with van der Waals surface area (Å²) in [5.74, 6) is -0.661. The SMILES string of the molecule is N=C(N)c1ccc(CNC(=O)CCN2C(=O)[C@H](NS(=O)(=O)Cc3ccccc3)CSc3ccccc32)cc1. The Morgan fingerprint density at radius 2 is 1.68 bits per heavy atom. The molecule has 9 nitrogen and oxygen atoms in total. The molecule has 0 saturated carbocycles. The lowest BCUT2D eigenvalue weighted by Crippen LogP contribution is -2.50. The topological polar surface area (TPSA) is 145 Å². The third kappa shape index (κ3) is 7.21. The molecular formula is C27H29N5O4S2. The molecule has 0 aliphatic carbocycles. The summed E-state index contributed by atoms with van der Waals surface area (Å²) < 4.78 is 28.3. The minimum absolute atomic E-state index is 0.0261. The zero-order valence-corrected chi connectivity index (χ0v) is 22.2. The van der Waals surface area contributed by atoms with Gasteiger partial charge in [0.2, 0.25) is 21.8 Å². The maximum atomic E-state index is 13.5. The van der Waals surface area contributed by atoms with Gasteiger partial charge in [-0.25, -0.2) is 13.1 Å². The third-order valence-electron chi connectivity index (χ3n) is 5.96. The highest BCUT2D eigenvalue weighted by atomic mass is 32.2. The van der Waals surface area contributed by atoms with Gasteiger partial charge in [-0.05, 0) is 23.3 Å². The number of anilines is 1. The summed E-state index contributed by atoms with van der Waals surface area (Å²) in [6.07, 6.45) is 0.0414. The van der Waals surface area contributed by atoms with Crippen LogP contribution in [0.4, 0.5) is 5.69 Å². The lowest BCUT2D eigenvalue weighted by molar-refractivity contribution is -0.121. The Morgan fingerprint density at radius 3 is 2.39 bits per heavy atom. The van der Waals surface area contributed by atoms with Crippen LogP contribution in [0.25, 0.3) is 0 Å². The Labute approximate surface area is 226 Å². The third-order valence-corrected chi connectivity index (χ3v) is 8.48. The first-order chi connectivity index (χ1) is 18.2. The maximum Gasteiger partial charge on any atom is 0.246 e. The molecule has 11 heteroatoms. The first kappa shape index (κ1) is 27.4. The summed E-state index contributed by atoms with van der Waals surface area (Å²) in [5.41, 5.74) is 8.20. The number of carbonyl (C=O) groups is 2. The monoisotopic (exact) mass is 551 g/mol. The van der Waals surface area contributed by atoms with Crippen molar-refractivity contribution in [2.75, 3.05) is 17.2 Å². The zero-order chi connectivity index (χ0) is 27.1. The number of nitrogens with two attached hydrogens (primary N) is 1. The quantitative estimate of drug-likeness (QED) is 0.225. The van der Waals surface area contributed by atoms with E-state index in [1.54, 1.807) is 54.6 Å². The molecular weight excluding hydrogens is 522 g/mol. The number of amidine groups is 1. The zero-order valence-electron chi connectivity index (χ0n) is 20.6. The van der Waals surface area contributed by atoms with Gasteiger partial charge in [-0.3, -0.25) is 15.0 Å². The van der Waals surface area contributed by atoms with Crippen LogP contribution in [-0.2, 0) is 31.9 Å². The highest BCUT2D eigenvalue weighted by molar-refractivity contribution is 7.99. The molecule has 2 amide bonds. The summed E-state index contributed by atoms with van der Waals surface area (Å²) in [6.45, 7) is 0.391. The number of carbonyl (C=O) groups excluding carboxylic acids is 2. The van der Waals surface area contributed by atoms with Crippen LogP contribution in [0.15, 0.2) is 83.8 Å². The van der Waals surface area contributed by atoms with Gasteiger partial charge in [0.1, 0.15) is 11.9 Å². The lowest BCUT2D eigenvalue weighted by atomic mass is 10.1. The van der Waals surface area contributed by atoms with Crippen LogP contribution in [-0.4, -0.2) is 44.4 Å². The molecule has 38 heavy (non-hydrogen) atoms. The molecule has 5 N–H and O–H groups in total. The molecule has 198 valence electrons. The molecule has 1 heterocycles. The van der Waals surface area contributed by atoms with Gasteiger partial charge in [-0.15, -0.1) is 11.8 Å². The number of benzene rings is 3. The van der Waals surface area contributed by atoms with Crippen molar-refractivity contribution in [3.8, 4) is 0 Å². The van der Waals surface area contributed by atoms with E-state index in [9.17, 15) is 18.0 Å². The molecule has 3 aromatic rings. The number of hydrogen-bond donors (Lipinski definition) is 4. The fourth-order valence-electron chi connectivity index (χ4n) is 4.03. The van der Waals surface area contributed by atoms with Crippen LogP contribution >= 0.6 is 11.8 Å². The Bertz CT molecular complexity index is 1410. The molecule has 3 aromatic carbocycles. The van der Waals surface area contributed by atoms with E-state index in [2.05, 4.69) is 10.0 Å². The van der Waals surface area contributed by atoms with Gasteiger partial charge in [0, 0.05) is 35.7 Å². The molecule has 0 unspecified atom stereocenters. The van der Waals surface area contributed by atoms with E-state index in [0.29, 0.717) is 23.4 Å². The van der Waals surface area contributed by atoms with Crippen molar-refractivity contribution in [2.24, 2.45) is 5.73 Å². The second-order valence-corrected chi connectivity index (χ2v) is 11.6. The van der Waals surface area contributed by atoms with Crippen molar-refractivity contribution in [1.29, 1.82) is 5.41 Å². The van der Waals surface area contributed by atoms with Crippen LogP contribution in [0.3, 0.4) is 0 Å². The molecule has 0 aromatic heterocycles. The van der Waals surface area contributed by atoms with Gasteiger partial charge in [0.05, 0.1) is 11.4 Å². The lowest BCUT2D eigenvalue weighted by Gasteiger charge is -2.25. The van der Waals surface area contributed by atoms with E-state index in [-0.39, 0.29) is 36.2 Å². The molecule has 0 fully saturated rings. The average molecular weight is 552 g/mol. The molecule has 4 rings (SSSR count). The van der Waals surface area contributed by atoms with E-state index < -0.39 is 22.0 Å². The Kier molecular flexibility index (Phi) is 8.82. The van der Waals surface area contributed by atoms with Crippen LogP contribution in [0, 0.1) is 5.41 Å². The number of nitrogens with zero attached hydrogens (tertiary/aromatic N) is 1. The number of nitrogens with one attached hydrogen (secondary N) is 3. The standard InChI is InChI=1S/C27H29N5O4S2/c28-26(29)21-12-10-19(11-13-21)16-30-25(33)14-15-32-23-8-4-5-9-24(23)37-17-22(27(32)34)31-38(35,36)18-20-6-2-1-3-7-20/h1-13,22,31H,14-18H2,(H3,28,29)(H,30,33)/t22-/m1/s1. The van der Waals surface area contributed by atoms with Gasteiger partial charge in [0.15, 0.2) is 0 Å². The summed E-state index contributed by atoms with van der Waals surface area (Å²) in [7, 11) is -3.78. The normalized spacial score (nSPS) is 15.4. The first-order valence-corrected chi connectivity index (χ1v) is 14.6. The van der Waals surface area contributed by atoms with E-state index in [4.69, 9.17) is 11.1 Å². The second-order valence-electron chi connectivity index (χ2n) is 8.82. The molecule has 1 aliphatic heterocycles. The van der Waals surface area contributed by atoms with Crippen LogP contribution in [0.1, 0.15) is 23.1 Å². The van der Waals surface area contributed by atoms with Gasteiger partial charge >= 0.3 is 0 Å². The highest BCUT2D eigenvalue weighted by Crippen LogP contribution is 2.34. The number of fused-ring (bicyclic) bond motifs is 1. The number of hydrogen-bond acceptors (Lipinski definition) is 6. The van der Waals surface area contributed by atoms with E-state index in [1.807, 2.05) is 24.3 Å². The predicted octanol–water partition coefficient (Wildman–Crippen LogP) is 2.60. The number of sulfonamides is 1. The minimum Gasteiger partial charge on any atom is -0.384 e.